The van der Waals surface area contributed by atoms with Gasteiger partial charge in [-0.2, -0.15) is 0 Å². The van der Waals surface area contributed by atoms with E-state index < -0.39 is 6.04 Å². The van der Waals surface area contributed by atoms with Gasteiger partial charge in [0.05, 0.1) is 0 Å². The first-order chi connectivity index (χ1) is 12.5. The summed E-state index contributed by atoms with van der Waals surface area (Å²) >= 11 is 6.28. The number of benzene rings is 1. The third kappa shape index (κ3) is 3.60. The predicted molar refractivity (Wildman–Crippen MR) is 98.4 cm³/mol. The molecule has 26 heavy (non-hydrogen) atoms. The summed E-state index contributed by atoms with van der Waals surface area (Å²) in [6, 6.07) is 6.40. The fourth-order valence-electron chi connectivity index (χ4n) is 3.62. The molecule has 2 aliphatic rings. The minimum atomic E-state index is -0.710. The summed E-state index contributed by atoms with van der Waals surface area (Å²) < 4.78 is 0. The third-order valence-electron chi connectivity index (χ3n) is 5.03. The molecule has 3 rings (SSSR count). The molecule has 6 nitrogen and oxygen atoms in total. The Bertz CT molecular complexity index is 728. The van der Waals surface area contributed by atoms with Crippen LogP contribution in [0.1, 0.15) is 24.4 Å². The molecule has 0 bridgehead atoms. The highest BCUT2D eigenvalue weighted by atomic mass is 35.5. The first-order valence-corrected chi connectivity index (χ1v) is 9.14. The van der Waals surface area contributed by atoms with Crippen LogP contribution in [-0.2, 0) is 14.4 Å². The second-order valence-electron chi connectivity index (χ2n) is 6.55. The maximum Gasteiger partial charge on any atom is 0.247 e. The SMILES string of the molecule is C=CC(=O)N1CCC(C(=O)N2CCNC(=O)C2c2ccccc2Cl)CC1. The lowest BCUT2D eigenvalue weighted by Crippen LogP contribution is -2.54. The quantitative estimate of drug-likeness (QED) is 0.818. The maximum absolute atomic E-state index is 13.1. The van der Waals surface area contributed by atoms with Crippen molar-refractivity contribution in [2.45, 2.75) is 18.9 Å². The first kappa shape index (κ1) is 18.5. The smallest absolute Gasteiger partial charge is 0.247 e. The van der Waals surface area contributed by atoms with Crippen LogP contribution in [0.15, 0.2) is 36.9 Å². The maximum atomic E-state index is 13.1. The Kier molecular flexibility index (Phi) is 5.61. The number of nitrogens with one attached hydrogen (secondary N) is 1. The second kappa shape index (κ2) is 7.91. The van der Waals surface area contributed by atoms with Crippen molar-refractivity contribution in [1.29, 1.82) is 0 Å². The Labute approximate surface area is 157 Å². The summed E-state index contributed by atoms with van der Waals surface area (Å²) in [4.78, 5) is 40.7. The van der Waals surface area contributed by atoms with Crippen molar-refractivity contribution < 1.29 is 14.4 Å². The Morgan fingerprint density at radius 1 is 1.19 bits per heavy atom. The standard InChI is InChI=1S/C19H22ClN3O3/c1-2-16(24)22-10-7-13(8-11-22)19(26)23-12-9-21-18(25)17(23)14-5-3-4-6-15(14)20/h2-6,13,17H,1,7-12H2,(H,21,25). The van der Waals surface area contributed by atoms with Crippen LogP contribution in [0.5, 0.6) is 0 Å². The molecule has 2 aliphatic heterocycles. The highest BCUT2D eigenvalue weighted by Gasteiger charge is 2.39. The van der Waals surface area contributed by atoms with Gasteiger partial charge in [-0.25, -0.2) is 0 Å². The van der Waals surface area contributed by atoms with E-state index in [4.69, 9.17) is 11.6 Å². The van der Waals surface area contributed by atoms with Crippen LogP contribution in [0, 0.1) is 5.92 Å². The normalized spacial score (nSPS) is 21.3. The van der Waals surface area contributed by atoms with E-state index in [1.54, 1.807) is 28.0 Å². The summed E-state index contributed by atoms with van der Waals surface area (Å²) in [5, 5.41) is 3.29. The van der Waals surface area contributed by atoms with Crippen molar-refractivity contribution in [3.8, 4) is 0 Å². The van der Waals surface area contributed by atoms with E-state index in [2.05, 4.69) is 11.9 Å². The van der Waals surface area contributed by atoms with E-state index in [0.717, 1.165) is 0 Å². The van der Waals surface area contributed by atoms with Gasteiger partial charge in [-0.15, -0.1) is 0 Å². The summed E-state index contributed by atoms with van der Waals surface area (Å²) in [5.41, 5.74) is 0.638. The molecule has 0 aromatic heterocycles. The van der Waals surface area contributed by atoms with Crippen LogP contribution in [0.3, 0.4) is 0 Å². The molecular weight excluding hydrogens is 354 g/mol. The number of likely N-dealkylation sites (tertiary alicyclic amines) is 1. The Morgan fingerprint density at radius 2 is 1.88 bits per heavy atom. The average molecular weight is 376 g/mol. The van der Waals surface area contributed by atoms with Crippen LogP contribution in [0.4, 0.5) is 0 Å². The van der Waals surface area contributed by atoms with Crippen LogP contribution < -0.4 is 5.32 Å². The van der Waals surface area contributed by atoms with Gasteiger partial charge in [0, 0.05) is 42.7 Å². The average Bonchev–Trinajstić information content (AvgIpc) is 2.67. The molecule has 1 N–H and O–H groups in total. The highest BCUT2D eigenvalue weighted by Crippen LogP contribution is 2.32. The fourth-order valence-corrected chi connectivity index (χ4v) is 3.86. The van der Waals surface area contributed by atoms with E-state index >= 15 is 0 Å². The van der Waals surface area contributed by atoms with Crippen LogP contribution >= 0.6 is 11.6 Å². The zero-order valence-corrected chi connectivity index (χ0v) is 15.2. The molecule has 1 aromatic rings. The number of carbonyl (C=O) groups excluding carboxylic acids is 3. The minimum absolute atomic E-state index is 0.0459. The topological polar surface area (TPSA) is 69.7 Å². The number of halogens is 1. The van der Waals surface area contributed by atoms with Gasteiger partial charge in [0.15, 0.2) is 0 Å². The Hall–Kier alpha value is -2.34. The molecule has 1 unspecified atom stereocenters. The molecule has 0 saturated carbocycles. The molecule has 3 amide bonds. The molecule has 2 saturated heterocycles. The summed E-state index contributed by atoms with van der Waals surface area (Å²) in [5.74, 6) is -0.561. The summed E-state index contributed by atoms with van der Waals surface area (Å²) in [6.45, 7) is 5.43. The number of carbonyl (C=O) groups is 3. The number of amides is 3. The van der Waals surface area contributed by atoms with Crippen molar-refractivity contribution in [2.24, 2.45) is 5.92 Å². The van der Waals surface area contributed by atoms with Crippen molar-refractivity contribution in [2.75, 3.05) is 26.2 Å². The van der Waals surface area contributed by atoms with Gasteiger partial charge in [-0.05, 0) is 25.0 Å². The number of rotatable bonds is 3. The van der Waals surface area contributed by atoms with E-state index in [1.807, 2.05) is 6.07 Å². The van der Waals surface area contributed by atoms with Crippen molar-refractivity contribution >= 4 is 29.3 Å². The summed E-state index contributed by atoms with van der Waals surface area (Å²) in [7, 11) is 0. The molecule has 0 radical (unpaired) electrons. The lowest BCUT2D eigenvalue weighted by atomic mass is 9.92. The number of piperidine rings is 1. The van der Waals surface area contributed by atoms with Gasteiger partial charge < -0.3 is 15.1 Å². The third-order valence-corrected chi connectivity index (χ3v) is 5.37. The van der Waals surface area contributed by atoms with Crippen molar-refractivity contribution in [3.05, 3.63) is 47.5 Å². The zero-order chi connectivity index (χ0) is 18.7. The molecular formula is C19H22ClN3O3. The minimum Gasteiger partial charge on any atom is -0.352 e. The number of piperazine rings is 1. The van der Waals surface area contributed by atoms with E-state index in [0.29, 0.717) is 49.6 Å². The number of hydrogen-bond donors (Lipinski definition) is 1. The van der Waals surface area contributed by atoms with Crippen LogP contribution in [-0.4, -0.2) is 53.7 Å². The highest BCUT2D eigenvalue weighted by molar-refractivity contribution is 6.31. The molecule has 1 atom stereocenters. The van der Waals surface area contributed by atoms with Gasteiger partial charge in [-0.3, -0.25) is 14.4 Å². The number of nitrogens with zero attached hydrogens (tertiary/aromatic N) is 2. The second-order valence-corrected chi connectivity index (χ2v) is 6.96. The summed E-state index contributed by atoms with van der Waals surface area (Å²) in [6.07, 6.45) is 2.47. The fraction of sp³-hybridized carbons (Fsp3) is 0.421. The van der Waals surface area contributed by atoms with Crippen molar-refractivity contribution in [1.82, 2.24) is 15.1 Å². The van der Waals surface area contributed by atoms with Crippen LogP contribution in [0.2, 0.25) is 5.02 Å². The van der Waals surface area contributed by atoms with Gasteiger partial charge in [0.1, 0.15) is 6.04 Å². The van der Waals surface area contributed by atoms with Gasteiger partial charge >= 0.3 is 0 Å². The predicted octanol–water partition coefficient (Wildman–Crippen LogP) is 1.76. The molecule has 0 spiro atoms. The van der Waals surface area contributed by atoms with E-state index in [1.165, 1.54) is 6.08 Å². The molecule has 7 heteroatoms. The Morgan fingerprint density at radius 3 is 2.54 bits per heavy atom. The van der Waals surface area contributed by atoms with Crippen molar-refractivity contribution in [3.63, 3.8) is 0 Å². The first-order valence-electron chi connectivity index (χ1n) is 8.77. The van der Waals surface area contributed by atoms with E-state index in [-0.39, 0.29) is 23.6 Å². The molecule has 2 fully saturated rings. The lowest BCUT2D eigenvalue weighted by Gasteiger charge is -2.39. The molecule has 0 aliphatic carbocycles. The zero-order valence-electron chi connectivity index (χ0n) is 14.5. The molecule has 138 valence electrons. The number of hydrogen-bond acceptors (Lipinski definition) is 3. The van der Waals surface area contributed by atoms with Gasteiger partial charge in [-0.1, -0.05) is 36.4 Å². The lowest BCUT2D eigenvalue weighted by molar-refractivity contribution is -0.148. The van der Waals surface area contributed by atoms with E-state index in [9.17, 15) is 14.4 Å². The molecule has 1 aromatic carbocycles. The van der Waals surface area contributed by atoms with Gasteiger partial charge in [0.25, 0.3) is 0 Å². The Balaban J connectivity index is 1.77. The monoisotopic (exact) mass is 375 g/mol. The molecule has 2 heterocycles. The van der Waals surface area contributed by atoms with Crippen LogP contribution in [0.25, 0.3) is 0 Å². The largest absolute Gasteiger partial charge is 0.352 e. The van der Waals surface area contributed by atoms with Gasteiger partial charge in [0.2, 0.25) is 17.7 Å².